The van der Waals surface area contributed by atoms with Crippen molar-refractivity contribution in [1.82, 2.24) is 0 Å². The maximum absolute atomic E-state index is 12.1. The van der Waals surface area contributed by atoms with E-state index >= 15 is 0 Å². The van der Waals surface area contributed by atoms with Crippen LogP contribution in [-0.2, 0) is 0 Å². The van der Waals surface area contributed by atoms with Gasteiger partial charge in [0.15, 0.2) is 6.29 Å². The average molecular weight is 244 g/mol. The number of alkyl halides is 2. The van der Waals surface area contributed by atoms with Gasteiger partial charge in [-0.1, -0.05) is 0 Å². The van der Waals surface area contributed by atoms with Crippen molar-refractivity contribution in [2.45, 2.75) is 13.5 Å². The molecule has 0 spiro atoms. The van der Waals surface area contributed by atoms with Crippen molar-refractivity contribution >= 4 is 12.6 Å². The van der Waals surface area contributed by atoms with Crippen LogP contribution in [0.25, 0.3) is 0 Å². The zero-order valence-electron chi connectivity index (χ0n) is 8.98. The number of carbonyl (C=O) groups excluding carboxylic acids is 2. The Bertz CT molecular complexity index is 418. The number of benzene rings is 1. The first-order valence-corrected chi connectivity index (χ1v) is 4.78. The zero-order chi connectivity index (χ0) is 12.8. The fourth-order valence-corrected chi connectivity index (χ4v) is 1.27. The first-order valence-electron chi connectivity index (χ1n) is 4.78. The molecule has 1 rings (SSSR count). The summed E-state index contributed by atoms with van der Waals surface area (Å²) in [5, 5.41) is 0. The highest BCUT2D eigenvalue weighted by molar-refractivity contribution is 5.87. The summed E-state index contributed by atoms with van der Waals surface area (Å²) in [6.45, 7) is -1.18. The maximum Gasteiger partial charge on any atom is 0.387 e. The fraction of sp³-hybridized carbons (Fsp3) is 0.273. The van der Waals surface area contributed by atoms with Crippen LogP contribution in [0.1, 0.15) is 27.6 Å². The Labute approximate surface area is 96.1 Å². The predicted molar refractivity (Wildman–Crippen MR) is 55.0 cm³/mol. The second kappa shape index (κ2) is 5.93. The van der Waals surface area contributed by atoms with Gasteiger partial charge < -0.3 is 9.47 Å². The van der Waals surface area contributed by atoms with Crippen LogP contribution in [0.5, 0.6) is 11.5 Å². The van der Waals surface area contributed by atoms with Gasteiger partial charge >= 0.3 is 6.61 Å². The first kappa shape index (κ1) is 13.1. The van der Waals surface area contributed by atoms with Crippen molar-refractivity contribution < 1.29 is 27.8 Å². The molecule has 0 bridgehead atoms. The molecule has 4 nitrogen and oxygen atoms in total. The van der Waals surface area contributed by atoms with Gasteiger partial charge in [-0.15, -0.1) is 0 Å². The number of ether oxygens (including phenoxy) is 2. The van der Waals surface area contributed by atoms with E-state index in [-0.39, 0.29) is 29.2 Å². The Balaban J connectivity index is 3.27. The lowest BCUT2D eigenvalue weighted by Crippen LogP contribution is -2.07. The Morgan fingerprint density at radius 2 is 1.88 bits per heavy atom. The lowest BCUT2D eigenvalue weighted by Gasteiger charge is -2.12. The van der Waals surface area contributed by atoms with E-state index in [2.05, 4.69) is 4.74 Å². The normalized spacial score (nSPS) is 10.1. The molecule has 0 aliphatic carbocycles. The van der Waals surface area contributed by atoms with E-state index in [1.54, 1.807) is 6.92 Å². The van der Waals surface area contributed by atoms with Crippen LogP contribution in [0.4, 0.5) is 8.78 Å². The van der Waals surface area contributed by atoms with Crippen molar-refractivity contribution in [2.24, 2.45) is 0 Å². The van der Waals surface area contributed by atoms with Crippen LogP contribution >= 0.6 is 0 Å². The van der Waals surface area contributed by atoms with Gasteiger partial charge in [0.25, 0.3) is 0 Å². The number of hydrogen-bond donors (Lipinski definition) is 0. The van der Waals surface area contributed by atoms with Crippen molar-refractivity contribution in [2.75, 3.05) is 6.61 Å². The second-order valence-corrected chi connectivity index (χ2v) is 2.98. The number of rotatable bonds is 6. The minimum Gasteiger partial charge on any atom is -0.493 e. The highest BCUT2D eigenvalue weighted by Gasteiger charge is 2.16. The van der Waals surface area contributed by atoms with Crippen molar-refractivity contribution in [3.8, 4) is 11.5 Å². The summed E-state index contributed by atoms with van der Waals surface area (Å²) in [4.78, 5) is 21.4. The summed E-state index contributed by atoms with van der Waals surface area (Å²) in [6, 6.07) is 2.35. The average Bonchev–Trinajstić information content (AvgIpc) is 2.28. The van der Waals surface area contributed by atoms with Gasteiger partial charge in [-0.3, -0.25) is 9.59 Å². The minimum absolute atomic E-state index is 0.0442. The van der Waals surface area contributed by atoms with E-state index in [0.717, 1.165) is 6.07 Å². The number of hydrogen-bond acceptors (Lipinski definition) is 4. The summed E-state index contributed by atoms with van der Waals surface area (Å²) >= 11 is 0. The molecule has 1 aromatic carbocycles. The topological polar surface area (TPSA) is 52.6 Å². The fourth-order valence-electron chi connectivity index (χ4n) is 1.27. The molecule has 6 heteroatoms. The van der Waals surface area contributed by atoms with Gasteiger partial charge in [0.05, 0.1) is 12.2 Å². The smallest absolute Gasteiger partial charge is 0.387 e. The quantitative estimate of drug-likeness (QED) is 0.720. The predicted octanol–water partition coefficient (Wildman–Crippen LogP) is 2.31. The van der Waals surface area contributed by atoms with Crippen molar-refractivity contribution in [3.63, 3.8) is 0 Å². The van der Waals surface area contributed by atoms with Crippen molar-refractivity contribution in [3.05, 3.63) is 23.3 Å². The Morgan fingerprint density at radius 1 is 1.24 bits per heavy atom. The summed E-state index contributed by atoms with van der Waals surface area (Å²) in [6.07, 6.45) is 0.798. The van der Waals surface area contributed by atoms with Gasteiger partial charge in [0.1, 0.15) is 17.8 Å². The monoisotopic (exact) mass is 244 g/mol. The Kier molecular flexibility index (Phi) is 4.56. The molecule has 0 saturated carbocycles. The molecule has 0 radical (unpaired) electrons. The van der Waals surface area contributed by atoms with Gasteiger partial charge in [-0.2, -0.15) is 8.78 Å². The molecule has 0 aliphatic heterocycles. The van der Waals surface area contributed by atoms with Crippen LogP contribution in [0.15, 0.2) is 12.1 Å². The molecule has 0 amide bonds. The van der Waals surface area contributed by atoms with Gasteiger partial charge in [-0.05, 0) is 19.1 Å². The first-order chi connectivity index (χ1) is 8.12. The molecule has 1 aromatic rings. The SMILES string of the molecule is CCOc1cc(C=O)cc(OC(F)F)c1C=O. The number of carbonyl (C=O) groups is 2. The van der Waals surface area contributed by atoms with E-state index in [1.165, 1.54) is 6.07 Å². The Hall–Kier alpha value is -1.98. The summed E-state index contributed by atoms with van der Waals surface area (Å²) in [5.74, 6) is -0.328. The molecule has 0 aromatic heterocycles. The zero-order valence-corrected chi connectivity index (χ0v) is 8.98. The van der Waals surface area contributed by atoms with E-state index < -0.39 is 6.61 Å². The molecule has 0 N–H and O–H groups in total. The largest absolute Gasteiger partial charge is 0.493 e. The Morgan fingerprint density at radius 3 is 2.35 bits per heavy atom. The lowest BCUT2D eigenvalue weighted by molar-refractivity contribution is -0.0502. The molecule has 0 atom stereocenters. The van der Waals surface area contributed by atoms with Crippen molar-refractivity contribution in [1.29, 1.82) is 0 Å². The number of aldehydes is 2. The van der Waals surface area contributed by atoms with Crippen LogP contribution in [0.3, 0.4) is 0 Å². The highest BCUT2D eigenvalue weighted by Crippen LogP contribution is 2.30. The molecule has 0 saturated heterocycles. The lowest BCUT2D eigenvalue weighted by atomic mass is 10.1. The van der Waals surface area contributed by atoms with Crippen LogP contribution < -0.4 is 9.47 Å². The van der Waals surface area contributed by atoms with Gasteiger partial charge in [0.2, 0.25) is 0 Å². The van der Waals surface area contributed by atoms with Crippen LogP contribution in [0.2, 0.25) is 0 Å². The molecule has 0 fully saturated rings. The molecular weight excluding hydrogens is 234 g/mol. The van der Waals surface area contributed by atoms with E-state index in [4.69, 9.17) is 4.74 Å². The summed E-state index contributed by atoms with van der Waals surface area (Å²) < 4.78 is 33.5. The molecule has 0 aliphatic rings. The molecule has 0 heterocycles. The third kappa shape index (κ3) is 3.24. The van der Waals surface area contributed by atoms with Gasteiger partial charge in [-0.25, -0.2) is 0 Å². The van der Waals surface area contributed by atoms with Gasteiger partial charge in [0, 0.05) is 5.56 Å². The third-order valence-electron chi connectivity index (χ3n) is 1.90. The molecule has 0 unspecified atom stereocenters. The maximum atomic E-state index is 12.1. The van der Waals surface area contributed by atoms with E-state index in [0.29, 0.717) is 12.6 Å². The summed E-state index contributed by atoms with van der Waals surface area (Å²) in [7, 11) is 0. The molecule has 92 valence electrons. The highest BCUT2D eigenvalue weighted by atomic mass is 19.3. The van der Waals surface area contributed by atoms with E-state index in [9.17, 15) is 18.4 Å². The second-order valence-electron chi connectivity index (χ2n) is 2.98. The third-order valence-corrected chi connectivity index (χ3v) is 1.90. The summed E-state index contributed by atoms with van der Waals surface area (Å²) in [5.41, 5.74) is -0.0487. The molecular formula is C11H10F2O4. The standard InChI is InChI=1S/C11H10F2O4/c1-2-16-9-3-7(5-14)4-10(8(9)6-15)17-11(12)13/h3-6,11H,2H2,1H3. The number of halogens is 2. The van der Waals surface area contributed by atoms with E-state index in [1.807, 2.05) is 0 Å². The minimum atomic E-state index is -3.08. The molecule has 17 heavy (non-hydrogen) atoms. The van der Waals surface area contributed by atoms with Crippen LogP contribution in [0, 0.1) is 0 Å². The van der Waals surface area contributed by atoms with Crippen LogP contribution in [-0.4, -0.2) is 25.8 Å².